The largest absolute Gasteiger partial charge is 0.500 e. The van der Waals surface area contributed by atoms with Crippen molar-refractivity contribution in [2.45, 2.75) is 59.6 Å². The van der Waals surface area contributed by atoms with Crippen LogP contribution in [0.2, 0.25) is 6.04 Å². The molecule has 0 unspecified atom stereocenters. The molecule has 7 heteroatoms. The van der Waals surface area contributed by atoms with Crippen LogP contribution in [0.25, 0.3) is 0 Å². The third-order valence-electron chi connectivity index (χ3n) is 3.52. The van der Waals surface area contributed by atoms with E-state index in [4.69, 9.17) is 18.4 Å². The van der Waals surface area contributed by atoms with Gasteiger partial charge in [0.25, 0.3) is 0 Å². The van der Waals surface area contributed by atoms with E-state index < -0.39 is 8.80 Å². The summed E-state index contributed by atoms with van der Waals surface area (Å²) in [6, 6.07) is 8.69. The molecule has 0 fully saturated rings. The molecule has 0 radical (unpaired) electrons. The van der Waals surface area contributed by atoms with Gasteiger partial charge in [0, 0.05) is 37.5 Å². The fourth-order valence-electron chi connectivity index (χ4n) is 2.45. The van der Waals surface area contributed by atoms with Crippen molar-refractivity contribution in [2.24, 2.45) is 0 Å². The van der Waals surface area contributed by atoms with Crippen molar-refractivity contribution >= 4 is 26.9 Å². The molecule has 0 amide bonds. The predicted octanol–water partition coefficient (Wildman–Crippen LogP) is 4.60. The molecule has 0 heterocycles. The number of aldehydes is 1. The van der Waals surface area contributed by atoms with Crippen molar-refractivity contribution in [1.82, 2.24) is 0 Å². The van der Waals surface area contributed by atoms with Crippen molar-refractivity contribution in [3.63, 3.8) is 0 Å². The highest BCUT2D eigenvalue weighted by Gasteiger charge is 2.39. The number of carbonyl (C=O) groups excluding carboxylic acids is 1. The van der Waals surface area contributed by atoms with Crippen LogP contribution in [-0.4, -0.2) is 57.6 Å². The summed E-state index contributed by atoms with van der Waals surface area (Å²) in [6.07, 6.45) is 2.78. The maximum Gasteiger partial charge on any atom is 0.500 e. The molecule has 162 valence electrons. The van der Waals surface area contributed by atoms with E-state index in [1.807, 2.05) is 56.8 Å². The number of rotatable bonds is 14. The third-order valence-corrected chi connectivity index (χ3v) is 7.74. The molecular formula is C21H38O5SSi. The molecule has 0 aromatic heterocycles. The lowest BCUT2D eigenvalue weighted by Gasteiger charge is -2.28. The Bertz CT molecular complexity index is 476. The third kappa shape index (κ3) is 13.5. The summed E-state index contributed by atoms with van der Waals surface area (Å²) in [7, 11) is -2.48. The molecule has 0 spiro atoms. The molecule has 0 aliphatic carbocycles. The summed E-state index contributed by atoms with van der Waals surface area (Å²) in [5, 5.41) is 8.06. The number of aryl methyl sites for hydroxylation is 1. The minimum Gasteiger partial charge on any atom is -0.394 e. The lowest BCUT2D eigenvalue weighted by Crippen LogP contribution is -2.46. The number of aliphatic hydroxyl groups is 1. The van der Waals surface area contributed by atoms with Gasteiger partial charge in [-0.05, 0) is 64.5 Å². The normalized spacial score (nSPS) is 11.2. The molecule has 0 atom stereocenters. The Kier molecular flexibility index (Phi) is 16.7. The minimum absolute atomic E-state index is 0.167. The van der Waals surface area contributed by atoms with E-state index in [-0.39, 0.29) is 6.10 Å². The first-order valence-corrected chi connectivity index (χ1v) is 13.2. The fourth-order valence-corrected chi connectivity index (χ4v) is 6.25. The standard InChI is InChI=1S/C18H30O4SSi.C3H8O/c1-4-20-24(21-5-2,22-6-3)15-7-13-23-14-12-17-8-10-18(16-19)11-9-17;1-3(2)4/h8-11,16H,4-7,12-15H2,1-3H3;3-4H,1-2H3. The van der Waals surface area contributed by atoms with Crippen LogP contribution in [0.1, 0.15) is 57.0 Å². The van der Waals surface area contributed by atoms with Crippen LogP contribution < -0.4 is 0 Å². The average Bonchev–Trinajstić information content (AvgIpc) is 2.65. The van der Waals surface area contributed by atoms with Crippen molar-refractivity contribution in [2.75, 3.05) is 31.3 Å². The second kappa shape index (κ2) is 17.2. The van der Waals surface area contributed by atoms with Crippen LogP contribution in [0, 0.1) is 0 Å². The Balaban J connectivity index is 0.00000165. The SMILES string of the molecule is CC(C)O.CCO[Si](CCCSCCc1ccc(C=O)cc1)(OCC)OCC. The van der Waals surface area contributed by atoms with Gasteiger partial charge in [-0.1, -0.05) is 24.3 Å². The highest BCUT2D eigenvalue weighted by atomic mass is 32.2. The lowest BCUT2D eigenvalue weighted by atomic mass is 10.1. The minimum atomic E-state index is -2.48. The maximum absolute atomic E-state index is 10.6. The number of thioether (sulfide) groups is 1. The summed E-state index contributed by atoms with van der Waals surface area (Å²) in [4.78, 5) is 10.6. The Morgan fingerprint density at radius 3 is 1.93 bits per heavy atom. The van der Waals surface area contributed by atoms with Gasteiger partial charge >= 0.3 is 8.80 Å². The molecule has 1 aromatic carbocycles. The first-order chi connectivity index (χ1) is 13.4. The summed E-state index contributed by atoms with van der Waals surface area (Å²) >= 11 is 1.94. The zero-order valence-electron chi connectivity index (χ0n) is 18.1. The Hall–Kier alpha value is -0.703. The zero-order chi connectivity index (χ0) is 21.3. The van der Waals surface area contributed by atoms with Gasteiger partial charge < -0.3 is 18.4 Å². The number of hydrogen-bond acceptors (Lipinski definition) is 6. The van der Waals surface area contributed by atoms with Gasteiger partial charge in [0.15, 0.2) is 0 Å². The van der Waals surface area contributed by atoms with Crippen molar-refractivity contribution < 1.29 is 23.2 Å². The second-order valence-corrected chi connectivity index (χ2v) is 10.4. The lowest BCUT2D eigenvalue weighted by molar-refractivity contribution is 0.0712. The number of aliphatic hydroxyl groups excluding tert-OH is 1. The van der Waals surface area contributed by atoms with Crippen LogP contribution in [-0.2, 0) is 19.7 Å². The van der Waals surface area contributed by atoms with E-state index in [1.54, 1.807) is 13.8 Å². The highest BCUT2D eigenvalue weighted by Crippen LogP contribution is 2.20. The summed E-state index contributed by atoms with van der Waals surface area (Å²) in [5.41, 5.74) is 2.00. The van der Waals surface area contributed by atoms with Crippen molar-refractivity contribution in [1.29, 1.82) is 0 Å². The van der Waals surface area contributed by atoms with Gasteiger partial charge in [-0.3, -0.25) is 4.79 Å². The number of benzene rings is 1. The van der Waals surface area contributed by atoms with E-state index in [1.165, 1.54) is 5.56 Å². The van der Waals surface area contributed by atoms with Crippen LogP contribution in [0.4, 0.5) is 0 Å². The summed E-state index contributed by atoms with van der Waals surface area (Å²) in [6.45, 7) is 11.3. The molecule has 0 aliphatic heterocycles. The molecule has 1 aromatic rings. The number of carbonyl (C=O) groups is 1. The fraction of sp³-hybridized carbons (Fsp3) is 0.667. The first-order valence-electron chi connectivity index (χ1n) is 10.1. The topological polar surface area (TPSA) is 65.0 Å². The maximum atomic E-state index is 10.6. The van der Waals surface area contributed by atoms with Crippen molar-refractivity contribution in [3.05, 3.63) is 35.4 Å². The van der Waals surface area contributed by atoms with E-state index in [9.17, 15) is 4.79 Å². The second-order valence-electron chi connectivity index (χ2n) is 6.40. The first kappa shape index (κ1) is 27.3. The van der Waals surface area contributed by atoms with Gasteiger partial charge in [0.1, 0.15) is 6.29 Å². The molecule has 0 saturated carbocycles. The molecule has 28 heavy (non-hydrogen) atoms. The Labute approximate surface area is 176 Å². The van der Waals surface area contributed by atoms with E-state index in [0.29, 0.717) is 19.8 Å². The highest BCUT2D eigenvalue weighted by molar-refractivity contribution is 7.99. The van der Waals surface area contributed by atoms with Crippen LogP contribution in [0.5, 0.6) is 0 Å². The molecule has 0 aliphatic rings. The van der Waals surface area contributed by atoms with Crippen LogP contribution in [0.3, 0.4) is 0 Å². The van der Waals surface area contributed by atoms with Crippen LogP contribution >= 0.6 is 11.8 Å². The van der Waals surface area contributed by atoms with Gasteiger partial charge in [-0.2, -0.15) is 11.8 Å². The number of hydrogen-bond donors (Lipinski definition) is 1. The quantitative estimate of drug-likeness (QED) is 0.264. The van der Waals surface area contributed by atoms with Gasteiger partial charge in [-0.15, -0.1) is 0 Å². The smallest absolute Gasteiger partial charge is 0.394 e. The van der Waals surface area contributed by atoms with Gasteiger partial charge in [0.05, 0.1) is 0 Å². The predicted molar refractivity (Wildman–Crippen MR) is 120 cm³/mol. The van der Waals surface area contributed by atoms with E-state index in [0.717, 1.165) is 42.2 Å². The molecule has 1 rings (SSSR count). The van der Waals surface area contributed by atoms with Gasteiger partial charge in [-0.25, -0.2) is 0 Å². The monoisotopic (exact) mass is 430 g/mol. The van der Waals surface area contributed by atoms with E-state index in [2.05, 4.69) is 0 Å². The molecule has 0 saturated heterocycles. The Morgan fingerprint density at radius 1 is 1.00 bits per heavy atom. The van der Waals surface area contributed by atoms with Crippen molar-refractivity contribution in [3.8, 4) is 0 Å². The summed E-state index contributed by atoms with van der Waals surface area (Å²) < 4.78 is 17.6. The molecule has 5 nitrogen and oxygen atoms in total. The zero-order valence-corrected chi connectivity index (χ0v) is 19.9. The van der Waals surface area contributed by atoms with Crippen LogP contribution in [0.15, 0.2) is 24.3 Å². The average molecular weight is 431 g/mol. The van der Waals surface area contributed by atoms with Gasteiger partial charge in [0.2, 0.25) is 0 Å². The molecule has 1 N–H and O–H groups in total. The summed E-state index contributed by atoms with van der Waals surface area (Å²) in [5.74, 6) is 2.15. The Morgan fingerprint density at radius 2 is 1.50 bits per heavy atom. The molecule has 0 bridgehead atoms. The van der Waals surface area contributed by atoms with E-state index >= 15 is 0 Å². The molecular weight excluding hydrogens is 392 g/mol.